The van der Waals surface area contributed by atoms with E-state index in [2.05, 4.69) is 21.8 Å². The van der Waals surface area contributed by atoms with Crippen LogP contribution in [0.1, 0.15) is 25.5 Å². The molecule has 1 aliphatic heterocycles. The third-order valence-electron chi connectivity index (χ3n) is 2.84. The number of hydrogen-bond donors (Lipinski definition) is 2. The van der Waals surface area contributed by atoms with Gasteiger partial charge in [-0.25, -0.2) is 4.98 Å². The van der Waals surface area contributed by atoms with Crippen LogP contribution in [0.3, 0.4) is 0 Å². The van der Waals surface area contributed by atoms with Gasteiger partial charge in [-0.2, -0.15) is 4.98 Å². The van der Waals surface area contributed by atoms with Crippen molar-refractivity contribution in [3.63, 3.8) is 0 Å². The second kappa shape index (κ2) is 4.65. The minimum absolute atomic E-state index is 0.255. The molecule has 1 aromatic heterocycles. The Kier molecular flexibility index (Phi) is 3.24. The number of hydrogen-bond acceptors (Lipinski definition) is 5. The van der Waals surface area contributed by atoms with Crippen molar-refractivity contribution in [3.8, 4) is 0 Å². The van der Waals surface area contributed by atoms with Gasteiger partial charge in [0, 0.05) is 30.9 Å². The third-order valence-corrected chi connectivity index (χ3v) is 2.84. The molecular weight excluding hydrogens is 202 g/mol. The molecule has 0 bridgehead atoms. The Morgan fingerprint density at radius 1 is 1.50 bits per heavy atom. The highest BCUT2D eigenvalue weighted by Crippen LogP contribution is 2.19. The van der Waals surface area contributed by atoms with Crippen molar-refractivity contribution in [3.05, 3.63) is 11.8 Å². The first-order valence-electron chi connectivity index (χ1n) is 5.83. The zero-order valence-electron chi connectivity index (χ0n) is 9.69. The Bertz CT molecular complexity index is 365. The highest BCUT2D eigenvalue weighted by molar-refractivity contribution is 5.44. The molecule has 0 aliphatic carbocycles. The summed E-state index contributed by atoms with van der Waals surface area (Å²) in [4.78, 5) is 10.7. The van der Waals surface area contributed by atoms with Crippen LogP contribution >= 0.6 is 0 Å². The lowest BCUT2D eigenvalue weighted by Crippen LogP contribution is -2.27. The molecule has 0 spiro atoms. The number of anilines is 2. The average Bonchev–Trinajstić information content (AvgIpc) is 2.64. The molecule has 5 heteroatoms. The lowest BCUT2D eigenvalue weighted by molar-refractivity contribution is 0.751. The molecular formula is C11H19N5. The topological polar surface area (TPSA) is 81.1 Å². The van der Waals surface area contributed by atoms with Gasteiger partial charge in [-0.1, -0.05) is 13.3 Å². The van der Waals surface area contributed by atoms with Crippen molar-refractivity contribution in [1.29, 1.82) is 0 Å². The van der Waals surface area contributed by atoms with Crippen LogP contribution in [0.5, 0.6) is 0 Å². The van der Waals surface area contributed by atoms with E-state index in [4.69, 9.17) is 11.5 Å². The average molecular weight is 221 g/mol. The van der Waals surface area contributed by atoms with Gasteiger partial charge >= 0.3 is 0 Å². The van der Waals surface area contributed by atoms with Crippen LogP contribution in [0.15, 0.2) is 6.07 Å². The second-order valence-corrected chi connectivity index (χ2v) is 4.32. The zero-order valence-corrected chi connectivity index (χ0v) is 9.69. The Hall–Kier alpha value is -1.36. The summed E-state index contributed by atoms with van der Waals surface area (Å²) in [5.41, 5.74) is 12.6. The predicted molar refractivity (Wildman–Crippen MR) is 65.2 cm³/mol. The van der Waals surface area contributed by atoms with Crippen molar-refractivity contribution in [2.45, 2.75) is 32.2 Å². The molecule has 2 rings (SSSR count). The first-order chi connectivity index (χ1) is 7.69. The smallest absolute Gasteiger partial charge is 0.222 e. The Morgan fingerprint density at radius 2 is 2.31 bits per heavy atom. The van der Waals surface area contributed by atoms with Crippen molar-refractivity contribution < 1.29 is 0 Å². The number of aryl methyl sites for hydroxylation is 1. The van der Waals surface area contributed by atoms with Gasteiger partial charge in [-0.3, -0.25) is 0 Å². The molecule has 2 heterocycles. The molecule has 1 unspecified atom stereocenters. The van der Waals surface area contributed by atoms with Gasteiger partial charge in [0.2, 0.25) is 5.95 Å². The summed E-state index contributed by atoms with van der Waals surface area (Å²) in [5, 5.41) is 0. The van der Waals surface area contributed by atoms with E-state index in [0.717, 1.165) is 43.9 Å². The Balaban J connectivity index is 2.20. The van der Waals surface area contributed by atoms with Crippen LogP contribution in [0.25, 0.3) is 0 Å². The molecule has 1 atom stereocenters. The van der Waals surface area contributed by atoms with Gasteiger partial charge in [-0.15, -0.1) is 0 Å². The number of nitrogens with two attached hydrogens (primary N) is 2. The molecule has 0 amide bonds. The van der Waals surface area contributed by atoms with Gasteiger partial charge in [0.25, 0.3) is 0 Å². The van der Waals surface area contributed by atoms with Gasteiger partial charge in [0.1, 0.15) is 5.82 Å². The molecule has 0 saturated carbocycles. The van der Waals surface area contributed by atoms with E-state index in [9.17, 15) is 0 Å². The molecule has 1 aliphatic rings. The highest BCUT2D eigenvalue weighted by Gasteiger charge is 2.20. The van der Waals surface area contributed by atoms with E-state index in [1.807, 2.05) is 6.07 Å². The number of rotatable bonds is 3. The molecule has 5 nitrogen and oxygen atoms in total. The summed E-state index contributed by atoms with van der Waals surface area (Å²) in [6.07, 6.45) is 3.03. The predicted octanol–water partition coefficient (Wildman–Crippen LogP) is 0.549. The third kappa shape index (κ3) is 2.41. The van der Waals surface area contributed by atoms with E-state index in [0.29, 0.717) is 5.95 Å². The molecule has 1 aromatic rings. The summed E-state index contributed by atoms with van der Waals surface area (Å²) >= 11 is 0. The van der Waals surface area contributed by atoms with Gasteiger partial charge in [-0.05, 0) is 12.8 Å². The lowest BCUT2D eigenvalue weighted by atomic mass is 10.2. The molecule has 0 aromatic carbocycles. The number of nitrogens with zero attached hydrogens (tertiary/aromatic N) is 3. The van der Waals surface area contributed by atoms with Crippen molar-refractivity contribution >= 4 is 11.8 Å². The maximum absolute atomic E-state index is 5.88. The molecule has 1 saturated heterocycles. The summed E-state index contributed by atoms with van der Waals surface area (Å²) in [6.45, 7) is 3.95. The normalized spacial score (nSPS) is 20.4. The standard InChI is InChI=1S/C11H19N5/c1-2-3-9-6-10(15-11(13)14-9)16-5-4-8(12)7-16/h6,8H,2-5,7,12H2,1H3,(H2,13,14,15). The second-order valence-electron chi connectivity index (χ2n) is 4.32. The molecule has 4 N–H and O–H groups in total. The minimum Gasteiger partial charge on any atom is -0.368 e. The van der Waals surface area contributed by atoms with Crippen molar-refractivity contribution in [2.75, 3.05) is 23.7 Å². The lowest BCUT2D eigenvalue weighted by Gasteiger charge is -2.17. The summed E-state index contributed by atoms with van der Waals surface area (Å²) in [6, 6.07) is 2.28. The fourth-order valence-electron chi connectivity index (χ4n) is 2.04. The van der Waals surface area contributed by atoms with Gasteiger partial charge in [0.05, 0.1) is 0 Å². The Morgan fingerprint density at radius 3 is 2.94 bits per heavy atom. The highest BCUT2D eigenvalue weighted by atomic mass is 15.2. The maximum atomic E-state index is 5.88. The van der Waals surface area contributed by atoms with E-state index < -0.39 is 0 Å². The van der Waals surface area contributed by atoms with E-state index >= 15 is 0 Å². The van der Waals surface area contributed by atoms with E-state index in [1.165, 1.54) is 0 Å². The molecule has 0 radical (unpaired) electrons. The van der Waals surface area contributed by atoms with Crippen LogP contribution in [-0.4, -0.2) is 29.1 Å². The van der Waals surface area contributed by atoms with Gasteiger partial charge < -0.3 is 16.4 Å². The largest absolute Gasteiger partial charge is 0.368 e. The Labute approximate surface area is 95.9 Å². The SMILES string of the molecule is CCCc1cc(N2CCC(N)C2)nc(N)n1. The van der Waals surface area contributed by atoms with Gasteiger partial charge in [0.15, 0.2) is 0 Å². The fraction of sp³-hybridized carbons (Fsp3) is 0.636. The summed E-state index contributed by atoms with van der Waals surface area (Å²) < 4.78 is 0. The summed E-state index contributed by atoms with van der Waals surface area (Å²) in [5.74, 6) is 1.28. The van der Waals surface area contributed by atoms with Crippen LogP contribution in [-0.2, 0) is 6.42 Å². The van der Waals surface area contributed by atoms with Crippen LogP contribution in [0.2, 0.25) is 0 Å². The maximum Gasteiger partial charge on any atom is 0.222 e. The molecule has 16 heavy (non-hydrogen) atoms. The van der Waals surface area contributed by atoms with Crippen molar-refractivity contribution in [2.24, 2.45) is 5.73 Å². The van der Waals surface area contributed by atoms with Crippen LogP contribution in [0.4, 0.5) is 11.8 Å². The zero-order chi connectivity index (χ0) is 11.5. The molecule has 1 fully saturated rings. The number of nitrogen functional groups attached to an aromatic ring is 1. The summed E-state index contributed by atoms with van der Waals surface area (Å²) in [7, 11) is 0. The van der Waals surface area contributed by atoms with E-state index in [-0.39, 0.29) is 6.04 Å². The monoisotopic (exact) mass is 221 g/mol. The van der Waals surface area contributed by atoms with Crippen molar-refractivity contribution in [1.82, 2.24) is 9.97 Å². The van der Waals surface area contributed by atoms with Crippen LogP contribution in [0, 0.1) is 0 Å². The molecule has 88 valence electrons. The quantitative estimate of drug-likeness (QED) is 0.779. The first-order valence-corrected chi connectivity index (χ1v) is 5.83. The number of aromatic nitrogens is 2. The first kappa shape index (κ1) is 11.1. The van der Waals surface area contributed by atoms with E-state index in [1.54, 1.807) is 0 Å². The minimum atomic E-state index is 0.255. The fourth-order valence-corrected chi connectivity index (χ4v) is 2.04. The van der Waals surface area contributed by atoms with Crippen LogP contribution < -0.4 is 16.4 Å².